The molecule has 0 saturated carbocycles. The van der Waals surface area contributed by atoms with Crippen molar-refractivity contribution in [2.75, 3.05) is 5.32 Å². The smallest absolute Gasteiger partial charge is 0.266 e. The summed E-state index contributed by atoms with van der Waals surface area (Å²) in [4.78, 5) is 16.8. The number of pyridine rings is 1. The Kier molecular flexibility index (Phi) is 4.58. The van der Waals surface area contributed by atoms with E-state index >= 15 is 0 Å². The molecule has 122 valence electrons. The second-order valence-electron chi connectivity index (χ2n) is 5.86. The zero-order chi connectivity index (χ0) is 17.8. The molecular weight excluding hydrogens is 310 g/mol. The third-order valence-electron chi connectivity index (χ3n) is 3.98. The molecule has 4 nitrogen and oxygen atoms in total. The molecule has 25 heavy (non-hydrogen) atoms. The molecule has 2 aromatic carbocycles. The van der Waals surface area contributed by atoms with Crippen LogP contribution in [0.5, 0.6) is 0 Å². The lowest BCUT2D eigenvalue weighted by molar-refractivity contribution is -0.112. The van der Waals surface area contributed by atoms with Crippen molar-refractivity contribution in [2.24, 2.45) is 0 Å². The van der Waals surface area contributed by atoms with Gasteiger partial charge < -0.3 is 5.32 Å². The van der Waals surface area contributed by atoms with Crippen molar-refractivity contribution in [1.82, 2.24) is 4.98 Å². The zero-order valence-corrected chi connectivity index (χ0v) is 14.1. The molecule has 0 aliphatic heterocycles. The van der Waals surface area contributed by atoms with Gasteiger partial charge in [0.2, 0.25) is 0 Å². The fraction of sp³-hybridized carbons (Fsp3) is 0.0952. The zero-order valence-electron chi connectivity index (χ0n) is 14.1. The largest absolute Gasteiger partial charge is 0.321 e. The summed E-state index contributed by atoms with van der Waals surface area (Å²) >= 11 is 0. The number of rotatable bonds is 3. The molecule has 0 bridgehead atoms. The number of aromatic nitrogens is 1. The average Bonchev–Trinajstić information content (AvgIpc) is 2.61. The molecule has 0 unspecified atom stereocenters. The number of nitrogens with zero attached hydrogens (tertiary/aromatic N) is 2. The summed E-state index contributed by atoms with van der Waals surface area (Å²) < 4.78 is 0. The topological polar surface area (TPSA) is 65.8 Å². The molecule has 1 N–H and O–H groups in total. The number of benzene rings is 2. The number of amides is 1. The normalized spacial score (nSPS) is 11.2. The van der Waals surface area contributed by atoms with Crippen LogP contribution in [0.25, 0.3) is 17.0 Å². The number of nitriles is 1. The van der Waals surface area contributed by atoms with Crippen molar-refractivity contribution in [1.29, 1.82) is 5.26 Å². The molecule has 1 heterocycles. The van der Waals surface area contributed by atoms with E-state index in [0.717, 1.165) is 27.6 Å². The summed E-state index contributed by atoms with van der Waals surface area (Å²) in [5, 5.41) is 13.1. The van der Waals surface area contributed by atoms with E-state index in [4.69, 9.17) is 0 Å². The Labute approximate surface area is 146 Å². The first kappa shape index (κ1) is 16.4. The number of hydrogen-bond acceptors (Lipinski definition) is 3. The fourth-order valence-corrected chi connectivity index (χ4v) is 2.69. The SMILES string of the molecule is Cc1ccc(/C=C(/C#N)C(=O)Nc2cccc3ncccc23)c(C)c1. The summed E-state index contributed by atoms with van der Waals surface area (Å²) in [6.45, 7) is 3.97. The number of fused-ring (bicyclic) bond motifs is 1. The lowest BCUT2D eigenvalue weighted by Gasteiger charge is -2.08. The highest BCUT2D eigenvalue weighted by atomic mass is 16.1. The molecular formula is C21H17N3O. The Hall–Kier alpha value is -3.45. The number of carbonyl (C=O) groups excluding carboxylic acids is 1. The molecule has 3 aromatic rings. The maximum absolute atomic E-state index is 12.5. The van der Waals surface area contributed by atoms with Crippen LogP contribution in [0.3, 0.4) is 0 Å². The number of hydrogen-bond donors (Lipinski definition) is 1. The van der Waals surface area contributed by atoms with Gasteiger partial charge >= 0.3 is 0 Å². The Balaban J connectivity index is 1.93. The van der Waals surface area contributed by atoms with Crippen LogP contribution in [-0.4, -0.2) is 10.9 Å². The highest BCUT2D eigenvalue weighted by Crippen LogP contribution is 2.22. The van der Waals surface area contributed by atoms with Crippen LogP contribution in [0, 0.1) is 25.2 Å². The molecule has 0 radical (unpaired) electrons. The predicted molar refractivity (Wildman–Crippen MR) is 99.9 cm³/mol. The highest BCUT2D eigenvalue weighted by molar-refractivity contribution is 6.12. The van der Waals surface area contributed by atoms with Crippen molar-refractivity contribution in [3.8, 4) is 6.07 Å². The molecule has 0 aliphatic rings. The van der Waals surface area contributed by atoms with Crippen LogP contribution < -0.4 is 5.32 Å². The second kappa shape index (κ2) is 6.98. The average molecular weight is 327 g/mol. The van der Waals surface area contributed by atoms with Gasteiger partial charge in [0.25, 0.3) is 5.91 Å². The first-order chi connectivity index (χ1) is 12.1. The van der Waals surface area contributed by atoms with Gasteiger partial charge in [-0.3, -0.25) is 9.78 Å². The molecule has 3 rings (SSSR count). The van der Waals surface area contributed by atoms with Gasteiger partial charge in [-0.15, -0.1) is 0 Å². The third kappa shape index (κ3) is 3.56. The minimum atomic E-state index is -0.432. The van der Waals surface area contributed by atoms with Crippen molar-refractivity contribution >= 4 is 28.6 Å². The van der Waals surface area contributed by atoms with E-state index in [2.05, 4.69) is 10.3 Å². The van der Waals surface area contributed by atoms with E-state index in [0.29, 0.717) is 5.69 Å². The van der Waals surface area contributed by atoms with Crippen LogP contribution in [0.15, 0.2) is 60.3 Å². The van der Waals surface area contributed by atoms with E-state index in [-0.39, 0.29) is 5.57 Å². The molecule has 0 fully saturated rings. The van der Waals surface area contributed by atoms with Crippen LogP contribution in [0.2, 0.25) is 0 Å². The molecule has 1 amide bonds. The van der Waals surface area contributed by atoms with E-state index in [1.807, 2.05) is 62.4 Å². The van der Waals surface area contributed by atoms with Gasteiger partial charge in [0.1, 0.15) is 11.6 Å². The van der Waals surface area contributed by atoms with Gasteiger partial charge in [-0.1, -0.05) is 29.8 Å². The van der Waals surface area contributed by atoms with Gasteiger partial charge in [0.15, 0.2) is 0 Å². The summed E-state index contributed by atoms with van der Waals surface area (Å²) in [6.07, 6.45) is 3.32. The Bertz CT molecular complexity index is 1020. The van der Waals surface area contributed by atoms with E-state index in [1.54, 1.807) is 18.3 Å². The minimum Gasteiger partial charge on any atom is -0.321 e. The van der Waals surface area contributed by atoms with Crippen molar-refractivity contribution in [3.05, 3.63) is 77.0 Å². The van der Waals surface area contributed by atoms with Crippen molar-refractivity contribution in [2.45, 2.75) is 13.8 Å². The van der Waals surface area contributed by atoms with Crippen LogP contribution >= 0.6 is 0 Å². The van der Waals surface area contributed by atoms with Gasteiger partial charge in [0, 0.05) is 11.6 Å². The molecule has 0 atom stereocenters. The lowest BCUT2D eigenvalue weighted by Crippen LogP contribution is -2.13. The molecule has 0 aliphatic carbocycles. The van der Waals surface area contributed by atoms with Gasteiger partial charge in [-0.2, -0.15) is 5.26 Å². The Morgan fingerprint density at radius 2 is 2.00 bits per heavy atom. The molecule has 0 spiro atoms. The second-order valence-corrected chi connectivity index (χ2v) is 5.86. The monoisotopic (exact) mass is 327 g/mol. The predicted octanol–water partition coefficient (Wildman–Crippen LogP) is 4.40. The number of carbonyl (C=O) groups is 1. The first-order valence-electron chi connectivity index (χ1n) is 7.92. The Morgan fingerprint density at radius 3 is 2.76 bits per heavy atom. The van der Waals surface area contributed by atoms with Crippen molar-refractivity contribution in [3.63, 3.8) is 0 Å². The first-order valence-corrected chi connectivity index (χ1v) is 7.92. The summed E-state index contributed by atoms with van der Waals surface area (Å²) in [7, 11) is 0. The van der Waals surface area contributed by atoms with Gasteiger partial charge in [0.05, 0.1) is 11.2 Å². The van der Waals surface area contributed by atoms with Gasteiger partial charge in [-0.05, 0) is 55.3 Å². The lowest BCUT2D eigenvalue weighted by atomic mass is 10.0. The molecule has 1 aromatic heterocycles. The maximum atomic E-state index is 12.5. The Morgan fingerprint density at radius 1 is 1.16 bits per heavy atom. The fourth-order valence-electron chi connectivity index (χ4n) is 2.69. The number of anilines is 1. The van der Waals surface area contributed by atoms with Crippen LogP contribution in [0.1, 0.15) is 16.7 Å². The van der Waals surface area contributed by atoms with Crippen LogP contribution in [-0.2, 0) is 4.79 Å². The highest BCUT2D eigenvalue weighted by Gasteiger charge is 2.12. The quantitative estimate of drug-likeness (QED) is 0.573. The van der Waals surface area contributed by atoms with E-state index < -0.39 is 5.91 Å². The van der Waals surface area contributed by atoms with Gasteiger partial charge in [-0.25, -0.2) is 0 Å². The third-order valence-corrected chi connectivity index (χ3v) is 3.98. The number of nitrogens with one attached hydrogen (secondary N) is 1. The van der Waals surface area contributed by atoms with E-state index in [1.165, 1.54) is 0 Å². The number of aryl methyl sites for hydroxylation is 2. The van der Waals surface area contributed by atoms with Crippen molar-refractivity contribution < 1.29 is 4.79 Å². The maximum Gasteiger partial charge on any atom is 0.266 e. The summed E-state index contributed by atoms with van der Waals surface area (Å²) in [5.74, 6) is -0.432. The standard InChI is InChI=1S/C21H17N3O/c1-14-8-9-16(15(2)11-14)12-17(13-22)21(25)24-20-7-3-6-19-18(20)5-4-10-23-19/h3-12H,1-2H3,(H,24,25)/b17-12-. The minimum absolute atomic E-state index is 0.0628. The summed E-state index contributed by atoms with van der Waals surface area (Å²) in [6, 6.07) is 17.1. The molecule has 4 heteroatoms. The van der Waals surface area contributed by atoms with Crippen LogP contribution in [0.4, 0.5) is 5.69 Å². The van der Waals surface area contributed by atoms with E-state index in [9.17, 15) is 10.1 Å². The molecule has 0 saturated heterocycles. The summed E-state index contributed by atoms with van der Waals surface area (Å²) in [5.41, 5.74) is 4.51.